The number of thiocarbonyl (C=S) groups is 1. The minimum Gasteiger partial charge on any atom is -0.490 e. The normalized spacial score (nSPS) is 14.5. The molecule has 0 atom stereocenters. The fraction of sp³-hybridized carbons (Fsp3) is 0.0870. The van der Waals surface area contributed by atoms with Crippen LogP contribution in [0, 0.1) is 15.9 Å². The van der Waals surface area contributed by atoms with Gasteiger partial charge in [-0.15, -0.1) is 0 Å². The number of pyridine rings is 1. The van der Waals surface area contributed by atoms with Gasteiger partial charge < -0.3 is 9.47 Å². The molecule has 1 amide bonds. The summed E-state index contributed by atoms with van der Waals surface area (Å²) in [5.41, 5.74) is 0.865. The van der Waals surface area contributed by atoms with Crippen LogP contribution in [-0.4, -0.2) is 26.7 Å². The third kappa shape index (κ3) is 5.42. The predicted molar refractivity (Wildman–Crippen MR) is 136 cm³/mol. The summed E-state index contributed by atoms with van der Waals surface area (Å²) in [6.45, 7) is 2.15. The molecule has 1 aliphatic heterocycles. The lowest BCUT2D eigenvalue weighted by Gasteiger charge is -2.14. The van der Waals surface area contributed by atoms with E-state index < -0.39 is 10.7 Å². The number of benzene rings is 2. The maximum Gasteiger partial charge on any atom is 0.287 e. The van der Waals surface area contributed by atoms with E-state index in [1.54, 1.807) is 31.2 Å². The molecule has 35 heavy (non-hydrogen) atoms. The third-order valence-corrected chi connectivity index (χ3v) is 6.26. The summed E-state index contributed by atoms with van der Waals surface area (Å²) >= 11 is 12.3. The number of anilines is 1. The van der Waals surface area contributed by atoms with E-state index in [0.717, 1.165) is 18.0 Å². The second-order valence-electron chi connectivity index (χ2n) is 6.97. The lowest BCUT2D eigenvalue weighted by molar-refractivity contribution is -0.385. The monoisotopic (exact) mass is 531 g/mol. The Balaban J connectivity index is 1.59. The van der Waals surface area contributed by atoms with Crippen molar-refractivity contribution in [1.82, 2.24) is 4.98 Å². The maximum absolute atomic E-state index is 13.5. The quantitative estimate of drug-likeness (QED) is 0.150. The van der Waals surface area contributed by atoms with Crippen molar-refractivity contribution >= 4 is 63.3 Å². The second-order valence-corrected chi connectivity index (χ2v) is 9.05. The van der Waals surface area contributed by atoms with Crippen molar-refractivity contribution in [3.8, 4) is 17.4 Å². The van der Waals surface area contributed by atoms with Crippen LogP contribution in [0.25, 0.3) is 6.08 Å². The number of nitro groups is 1. The Morgan fingerprint density at radius 3 is 2.69 bits per heavy atom. The third-order valence-electron chi connectivity index (χ3n) is 4.67. The number of carbonyl (C=O) groups excluding carboxylic acids is 1. The number of thioether (sulfide) groups is 1. The fourth-order valence-corrected chi connectivity index (χ4v) is 4.56. The number of nitrogens with zero attached hydrogens (tertiary/aromatic N) is 3. The molecule has 0 N–H and O–H groups in total. The van der Waals surface area contributed by atoms with Gasteiger partial charge in [-0.25, -0.2) is 9.37 Å². The van der Waals surface area contributed by atoms with E-state index in [1.165, 1.54) is 35.2 Å². The van der Waals surface area contributed by atoms with Crippen LogP contribution < -0.4 is 14.4 Å². The van der Waals surface area contributed by atoms with Crippen molar-refractivity contribution in [2.75, 3.05) is 11.5 Å². The number of hydrogen-bond donors (Lipinski definition) is 0. The summed E-state index contributed by atoms with van der Waals surface area (Å²) in [5, 5.41) is 10.7. The molecule has 2 aromatic carbocycles. The minimum atomic E-state index is -0.592. The van der Waals surface area contributed by atoms with Crippen LogP contribution in [0.4, 0.5) is 15.8 Å². The van der Waals surface area contributed by atoms with Gasteiger partial charge in [-0.3, -0.25) is 19.8 Å². The van der Waals surface area contributed by atoms with Crippen LogP contribution in [0.5, 0.6) is 17.4 Å². The number of amides is 1. The molecule has 0 spiro atoms. The summed E-state index contributed by atoms with van der Waals surface area (Å²) in [5.74, 6) is -0.0636. The van der Waals surface area contributed by atoms with E-state index in [9.17, 15) is 19.3 Å². The summed E-state index contributed by atoms with van der Waals surface area (Å²) < 4.78 is 25.2. The molecule has 0 bridgehead atoms. The van der Waals surface area contributed by atoms with Crippen molar-refractivity contribution in [2.45, 2.75) is 6.92 Å². The molecule has 0 unspecified atom stereocenters. The van der Waals surface area contributed by atoms with Crippen molar-refractivity contribution < 1.29 is 23.6 Å². The molecule has 3 aromatic rings. The highest BCUT2D eigenvalue weighted by Crippen LogP contribution is 2.38. The van der Waals surface area contributed by atoms with Crippen molar-refractivity contribution in [1.29, 1.82) is 0 Å². The molecule has 1 aromatic heterocycles. The fourth-order valence-electron chi connectivity index (χ4n) is 3.09. The molecule has 1 aliphatic rings. The smallest absolute Gasteiger partial charge is 0.287 e. The van der Waals surface area contributed by atoms with E-state index in [2.05, 4.69) is 4.98 Å². The molecule has 178 valence electrons. The largest absolute Gasteiger partial charge is 0.490 e. The topological polar surface area (TPSA) is 94.8 Å². The van der Waals surface area contributed by atoms with Crippen LogP contribution in [0.1, 0.15) is 12.5 Å². The maximum atomic E-state index is 13.5. The van der Waals surface area contributed by atoms with Crippen LogP contribution in [0.15, 0.2) is 59.6 Å². The molecule has 4 rings (SSSR count). The molecule has 12 heteroatoms. The first-order valence-corrected chi connectivity index (χ1v) is 11.6. The predicted octanol–water partition coefficient (Wildman–Crippen LogP) is 6.38. The standard InChI is InChI=1S/C23H15ClFN3O5S2/c1-2-32-19-9-13(3-7-18(19)33-21-8-5-15(12-26-21)28(30)31)10-20-22(29)27(23(34)35-20)14-4-6-17(25)16(24)11-14/h3-12H,2H2,1H3/b20-10-. The Hall–Kier alpha value is -3.54. The summed E-state index contributed by atoms with van der Waals surface area (Å²) in [7, 11) is 0. The van der Waals surface area contributed by atoms with E-state index in [1.807, 2.05) is 0 Å². The van der Waals surface area contributed by atoms with E-state index in [0.29, 0.717) is 34.3 Å². The average molecular weight is 532 g/mol. The zero-order valence-corrected chi connectivity index (χ0v) is 20.3. The van der Waals surface area contributed by atoms with Gasteiger partial charge >= 0.3 is 0 Å². The van der Waals surface area contributed by atoms with Gasteiger partial charge in [-0.2, -0.15) is 0 Å². The van der Waals surface area contributed by atoms with Gasteiger partial charge in [0.25, 0.3) is 11.6 Å². The summed E-state index contributed by atoms with van der Waals surface area (Å²) in [6, 6.07) is 11.7. The van der Waals surface area contributed by atoms with Crippen LogP contribution in [0.3, 0.4) is 0 Å². The van der Waals surface area contributed by atoms with Gasteiger partial charge in [-0.1, -0.05) is 41.6 Å². The Morgan fingerprint density at radius 2 is 2.03 bits per heavy atom. The second kappa shape index (κ2) is 10.4. The molecule has 0 aliphatic carbocycles. The lowest BCUT2D eigenvalue weighted by Crippen LogP contribution is -2.27. The van der Waals surface area contributed by atoms with Gasteiger partial charge in [0.15, 0.2) is 15.8 Å². The van der Waals surface area contributed by atoms with Gasteiger partial charge in [-0.05, 0) is 48.9 Å². The number of ether oxygens (including phenoxy) is 2. The summed E-state index contributed by atoms with van der Waals surface area (Å²) in [4.78, 5) is 28.9. The van der Waals surface area contributed by atoms with Gasteiger partial charge in [0, 0.05) is 12.1 Å². The van der Waals surface area contributed by atoms with E-state index in [4.69, 9.17) is 33.3 Å². The zero-order chi connectivity index (χ0) is 25.1. The van der Waals surface area contributed by atoms with Gasteiger partial charge in [0.05, 0.1) is 27.1 Å². The first kappa shape index (κ1) is 24.6. The van der Waals surface area contributed by atoms with Gasteiger partial charge in [0.1, 0.15) is 12.0 Å². The van der Waals surface area contributed by atoms with Crippen molar-refractivity contribution in [3.63, 3.8) is 0 Å². The Bertz CT molecular complexity index is 1370. The Labute approximate surface area is 213 Å². The molecule has 1 fully saturated rings. The molecule has 8 nitrogen and oxygen atoms in total. The number of aromatic nitrogens is 1. The van der Waals surface area contributed by atoms with Crippen molar-refractivity contribution in [3.05, 3.63) is 86.2 Å². The van der Waals surface area contributed by atoms with Crippen LogP contribution in [-0.2, 0) is 4.79 Å². The van der Waals surface area contributed by atoms with Crippen molar-refractivity contribution in [2.24, 2.45) is 0 Å². The molecule has 0 saturated carbocycles. The van der Waals surface area contributed by atoms with E-state index in [-0.39, 0.29) is 26.8 Å². The molecule has 1 saturated heterocycles. The SMILES string of the molecule is CCOc1cc(/C=C2\SC(=S)N(c3ccc(F)c(Cl)c3)C2=O)ccc1Oc1ccc([N+](=O)[O-])cn1. The van der Waals surface area contributed by atoms with Gasteiger partial charge in [0.2, 0.25) is 5.88 Å². The minimum absolute atomic E-state index is 0.111. The molecular formula is C23H15ClFN3O5S2. The number of halogens is 2. The Morgan fingerprint density at radius 1 is 1.23 bits per heavy atom. The molecular weight excluding hydrogens is 517 g/mol. The number of carbonyl (C=O) groups is 1. The zero-order valence-electron chi connectivity index (χ0n) is 17.9. The molecule has 2 heterocycles. The number of rotatable bonds is 7. The highest BCUT2D eigenvalue weighted by molar-refractivity contribution is 8.27. The first-order chi connectivity index (χ1) is 16.8. The molecule has 0 radical (unpaired) electrons. The first-order valence-electron chi connectivity index (χ1n) is 10.0. The highest BCUT2D eigenvalue weighted by Gasteiger charge is 2.33. The lowest BCUT2D eigenvalue weighted by atomic mass is 10.1. The van der Waals surface area contributed by atoms with E-state index >= 15 is 0 Å². The highest BCUT2D eigenvalue weighted by atomic mass is 35.5. The summed E-state index contributed by atoms with van der Waals surface area (Å²) in [6.07, 6.45) is 2.75. The van der Waals surface area contributed by atoms with Crippen LogP contribution >= 0.6 is 35.6 Å². The number of hydrogen-bond acceptors (Lipinski definition) is 8. The average Bonchev–Trinajstić information content (AvgIpc) is 3.10. The Kier molecular flexibility index (Phi) is 7.29. The van der Waals surface area contributed by atoms with Crippen LogP contribution in [0.2, 0.25) is 5.02 Å².